The molecule has 1 aromatic carbocycles. The first-order valence-corrected chi connectivity index (χ1v) is 4.93. The Morgan fingerprint density at radius 2 is 2.00 bits per heavy atom. The van der Waals surface area contributed by atoms with Crippen molar-refractivity contribution in [2.45, 2.75) is 6.18 Å². The number of carbonyl (C=O) groups is 1. The minimum Gasteiger partial charge on any atom is -0.298 e. The summed E-state index contributed by atoms with van der Waals surface area (Å²) in [5, 5.41) is -0.00414. The van der Waals surface area contributed by atoms with Gasteiger partial charge in [-0.25, -0.2) is 4.98 Å². The summed E-state index contributed by atoms with van der Waals surface area (Å²) >= 11 is 5.62. The number of para-hydroxylation sites is 1. The number of benzene rings is 1. The summed E-state index contributed by atoms with van der Waals surface area (Å²) in [6.07, 6.45) is -4.05. The molecular weight excluding hydrogens is 255 g/mol. The Labute approximate surface area is 99.0 Å². The van der Waals surface area contributed by atoms with Gasteiger partial charge in [0.05, 0.1) is 16.6 Å². The van der Waals surface area contributed by atoms with E-state index in [1.807, 2.05) is 0 Å². The molecule has 6 heteroatoms. The standard InChI is InChI=1S/C11H5ClF3NO/c12-10-7(5-17)4-6-2-1-3-8(9(6)16-10)11(13,14)15/h1-5H. The molecule has 0 N–H and O–H groups in total. The van der Waals surface area contributed by atoms with Gasteiger partial charge in [0.25, 0.3) is 0 Å². The average Bonchev–Trinajstić information content (AvgIpc) is 2.26. The number of halogens is 4. The van der Waals surface area contributed by atoms with Crippen LogP contribution >= 0.6 is 11.6 Å². The lowest BCUT2D eigenvalue weighted by atomic mass is 10.1. The topological polar surface area (TPSA) is 30.0 Å². The van der Waals surface area contributed by atoms with Crippen LogP contribution in [0.5, 0.6) is 0 Å². The van der Waals surface area contributed by atoms with E-state index in [0.29, 0.717) is 6.29 Å². The van der Waals surface area contributed by atoms with E-state index in [1.54, 1.807) is 0 Å². The van der Waals surface area contributed by atoms with Crippen LogP contribution in [0, 0.1) is 0 Å². The maximum absolute atomic E-state index is 12.7. The predicted octanol–water partition coefficient (Wildman–Crippen LogP) is 3.72. The molecule has 0 atom stereocenters. The second kappa shape index (κ2) is 4.00. The van der Waals surface area contributed by atoms with Crippen LogP contribution in [-0.4, -0.2) is 11.3 Å². The number of nitrogens with zero attached hydrogens (tertiary/aromatic N) is 1. The molecule has 0 spiro atoms. The molecule has 0 fully saturated rings. The SMILES string of the molecule is O=Cc1cc2cccc(C(F)(F)F)c2nc1Cl. The van der Waals surface area contributed by atoms with Gasteiger partial charge in [-0.1, -0.05) is 23.7 Å². The third-order valence-electron chi connectivity index (χ3n) is 2.26. The Kier molecular flexibility index (Phi) is 2.79. The van der Waals surface area contributed by atoms with Crippen molar-refractivity contribution in [2.75, 3.05) is 0 Å². The van der Waals surface area contributed by atoms with Gasteiger partial charge in [0.1, 0.15) is 5.15 Å². The molecule has 0 saturated carbocycles. The number of rotatable bonds is 1. The highest BCUT2D eigenvalue weighted by molar-refractivity contribution is 6.32. The lowest BCUT2D eigenvalue weighted by molar-refractivity contribution is -0.136. The summed E-state index contributed by atoms with van der Waals surface area (Å²) in [6, 6.07) is 4.91. The Balaban J connectivity index is 2.82. The van der Waals surface area contributed by atoms with Gasteiger partial charge in [0, 0.05) is 5.39 Å². The zero-order chi connectivity index (χ0) is 12.6. The van der Waals surface area contributed by atoms with Crippen molar-refractivity contribution in [2.24, 2.45) is 0 Å². The molecule has 0 radical (unpaired) electrons. The van der Waals surface area contributed by atoms with Gasteiger partial charge < -0.3 is 0 Å². The van der Waals surface area contributed by atoms with E-state index in [4.69, 9.17) is 11.6 Å². The van der Waals surface area contributed by atoms with Crippen LogP contribution in [0.15, 0.2) is 24.3 Å². The fourth-order valence-electron chi connectivity index (χ4n) is 1.50. The van der Waals surface area contributed by atoms with Gasteiger partial charge >= 0.3 is 6.18 Å². The van der Waals surface area contributed by atoms with E-state index in [-0.39, 0.29) is 21.6 Å². The number of pyridine rings is 1. The maximum atomic E-state index is 12.7. The molecule has 17 heavy (non-hydrogen) atoms. The van der Waals surface area contributed by atoms with Crippen LogP contribution in [0.25, 0.3) is 10.9 Å². The summed E-state index contributed by atoms with van der Waals surface area (Å²) in [5.74, 6) is 0. The molecule has 2 nitrogen and oxygen atoms in total. The Hall–Kier alpha value is -1.62. The van der Waals surface area contributed by atoms with Gasteiger partial charge in [0.2, 0.25) is 0 Å². The highest BCUT2D eigenvalue weighted by Crippen LogP contribution is 2.34. The van der Waals surface area contributed by atoms with Crippen LogP contribution in [0.3, 0.4) is 0 Å². The zero-order valence-corrected chi connectivity index (χ0v) is 9.01. The highest BCUT2D eigenvalue weighted by atomic mass is 35.5. The third kappa shape index (κ3) is 2.10. The van der Waals surface area contributed by atoms with Crippen LogP contribution in [0.4, 0.5) is 13.2 Å². The van der Waals surface area contributed by atoms with Gasteiger partial charge in [-0.05, 0) is 12.1 Å². The maximum Gasteiger partial charge on any atom is 0.418 e. The van der Waals surface area contributed by atoms with Crippen LogP contribution < -0.4 is 0 Å². The largest absolute Gasteiger partial charge is 0.418 e. The van der Waals surface area contributed by atoms with Crippen LogP contribution in [0.2, 0.25) is 5.15 Å². The molecule has 0 unspecified atom stereocenters. The molecule has 88 valence electrons. The normalized spacial score (nSPS) is 11.8. The second-order valence-electron chi connectivity index (χ2n) is 3.36. The fourth-order valence-corrected chi connectivity index (χ4v) is 1.69. The fraction of sp³-hybridized carbons (Fsp3) is 0.0909. The van der Waals surface area contributed by atoms with E-state index < -0.39 is 11.7 Å². The summed E-state index contributed by atoms with van der Waals surface area (Å²) in [4.78, 5) is 14.2. The Morgan fingerprint density at radius 1 is 1.29 bits per heavy atom. The lowest BCUT2D eigenvalue weighted by Gasteiger charge is -2.10. The predicted molar refractivity (Wildman–Crippen MR) is 57.1 cm³/mol. The van der Waals surface area contributed by atoms with Gasteiger partial charge in [-0.15, -0.1) is 0 Å². The first-order chi connectivity index (χ1) is 7.93. The average molecular weight is 260 g/mol. The third-order valence-corrected chi connectivity index (χ3v) is 2.56. The van der Waals surface area contributed by atoms with Gasteiger partial charge in [-0.3, -0.25) is 4.79 Å². The quantitative estimate of drug-likeness (QED) is 0.577. The molecule has 0 amide bonds. The highest BCUT2D eigenvalue weighted by Gasteiger charge is 2.33. The monoisotopic (exact) mass is 259 g/mol. The van der Waals surface area contributed by atoms with E-state index >= 15 is 0 Å². The molecule has 1 aromatic heterocycles. The van der Waals surface area contributed by atoms with Gasteiger partial charge in [0.15, 0.2) is 6.29 Å². The second-order valence-corrected chi connectivity index (χ2v) is 3.72. The van der Waals surface area contributed by atoms with Crippen molar-refractivity contribution in [1.82, 2.24) is 4.98 Å². The molecule has 0 aliphatic rings. The first-order valence-electron chi connectivity index (χ1n) is 4.55. The Bertz CT molecular complexity index is 595. The van der Waals surface area contributed by atoms with Crippen LogP contribution in [0.1, 0.15) is 15.9 Å². The van der Waals surface area contributed by atoms with E-state index in [1.165, 1.54) is 18.2 Å². The summed E-state index contributed by atoms with van der Waals surface area (Å²) in [7, 11) is 0. The minimum absolute atomic E-state index is 0.0680. The van der Waals surface area contributed by atoms with E-state index in [0.717, 1.165) is 6.07 Å². The molecule has 2 rings (SSSR count). The number of carbonyl (C=O) groups excluding carboxylic acids is 1. The number of hydrogen-bond acceptors (Lipinski definition) is 2. The Morgan fingerprint density at radius 3 is 2.59 bits per heavy atom. The molecule has 0 saturated heterocycles. The van der Waals surface area contributed by atoms with Crippen molar-refractivity contribution in [1.29, 1.82) is 0 Å². The number of aromatic nitrogens is 1. The molecule has 0 bridgehead atoms. The van der Waals surface area contributed by atoms with E-state index in [9.17, 15) is 18.0 Å². The number of alkyl halides is 3. The summed E-state index contributed by atoms with van der Waals surface area (Å²) in [5.41, 5.74) is -1.05. The summed E-state index contributed by atoms with van der Waals surface area (Å²) in [6.45, 7) is 0. The van der Waals surface area contributed by atoms with Crippen molar-refractivity contribution in [3.8, 4) is 0 Å². The molecule has 0 aliphatic carbocycles. The van der Waals surface area contributed by atoms with Crippen molar-refractivity contribution < 1.29 is 18.0 Å². The first kappa shape index (κ1) is 11.9. The molecular formula is C11H5ClF3NO. The minimum atomic E-state index is -4.50. The number of aldehydes is 1. The smallest absolute Gasteiger partial charge is 0.298 e. The molecule has 0 aliphatic heterocycles. The summed E-state index contributed by atoms with van der Waals surface area (Å²) < 4.78 is 38.0. The van der Waals surface area contributed by atoms with E-state index in [2.05, 4.69) is 4.98 Å². The van der Waals surface area contributed by atoms with Gasteiger partial charge in [-0.2, -0.15) is 13.2 Å². The van der Waals surface area contributed by atoms with Crippen molar-refractivity contribution in [3.05, 3.63) is 40.5 Å². The van der Waals surface area contributed by atoms with Crippen molar-refractivity contribution >= 4 is 28.8 Å². The number of fused-ring (bicyclic) bond motifs is 1. The van der Waals surface area contributed by atoms with Crippen LogP contribution in [-0.2, 0) is 6.18 Å². The molecule has 2 aromatic rings. The zero-order valence-electron chi connectivity index (χ0n) is 8.25. The lowest BCUT2D eigenvalue weighted by Crippen LogP contribution is -2.06. The van der Waals surface area contributed by atoms with Crippen molar-refractivity contribution in [3.63, 3.8) is 0 Å². The molecule has 1 heterocycles. The number of hydrogen-bond donors (Lipinski definition) is 0.